The summed E-state index contributed by atoms with van der Waals surface area (Å²) in [4.78, 5) is 21.7. The van der Waals surface area contributed by atoms with Crippen LogP contribution in [0.2, 0.25) is 0 Å². The Morgan fingerprint density at radius 2 is 1.90 bits per heavy atom. The Morgan fingerprint density at radius 3 is 2.53 bits per heavy atom. The fraction of sp³-hybridized carbons (Fsp3) is 0.278. The second kappa shape index (κ2) is 9.88. The van der Waals surface area contributed by atoms with Gasteiger partial charge in [-0.2, -0.15) is 13.2 Å². The minimum Gasteiger partial charge on any atom is -0.396 e. The maximum absolute atomic E-state index is 12.4. The predicted molar refractivity (Wildman–Crippen MR) is 111 cm³/mol. The molecule has 0 aliphatic heterocycles. The van der Waals surface area contributed by atoms with E-state index in [1.807, 2.05) is 0 Å². The minimum absolute atomic E-state index is 0.00312. The molecule has 3 aromatic rings. The summed E-state index contributed by atoms with van der Waals surface area (Å²) in [5.41, 5.74) is -2.55. The van der Waals surface area contributed by atoms with Gasteiger partial charge in [0.1, 0.15) is 5.01 Å². The van der Waals surface area contributed by atoms with E-state index in [-0.39, 0.29) is 42.2 Å². The number of anilines is 1. The Hall–Kier alpha value is -1.99. The second-order valence-corrected chi connectivity index (χ2v) is 9.05. The van der Waals surface area contributed by atoms with Gasteiger partial charge in [-0.05, 0) is 29.5 Å². The van der Waals surface area contributed by atoms with Crippen molar-refractivity contribution in [2.24, 2.45) is 0 Å². The standard InChI is InChI=1S/C18H16F3N3O3S3/c19-18(20,21)30-11-3-1-10(2-4-11)7-14(27)24-17-23-13(9-28-17)16-12(5-6-25)22-15(8-26)29-16/h1-4,9,25-26H,5-8H2,(H,23,24,27). The number of aliphatic hydroxyl groups is 2. The molecule has 160 valence electrons. The van der Waals surface area contributed by atoms with Crippen molar-refractivity contribution in [2.75, 3.05) is 11.9 Å². The molecule has 3 rings (SSSR count). The number of carbonyl (C=O) groups excluding carboxylic acids is 1. The first-order valence-corrected chi connectivity index (χ1v) is 11.1. The number of thiazole rings is 2. The van der Waals surface area contributed by atoms with Crippen molar-refractivity contribution >= 4 is 45.5 Å². The third-order valence-corrected chi connectivity index (χ3v) is 6.33. The predicted octanol–water partition coefficient (Wildman–Crippen LogP) is 4.09. The van der Waals surface area contributed by atoms with Gasteiger partial charge in [-0.25, -0.2) is 9.97 Å². The van der Waals surface area contributed by atoms with E-state index < -0.39 is 5.51 Å². The van der Waals surface area contributed by atoms with Crippen LogP contribution in [0.15, 0.2) is 34.5 Å². The van der Waals surface area contributed by atoms with Gasteiger partial charge < -0.3 is 15.5 Å². The second-order valence-electron chi connectivity index (χ2n) is 5.97. The van der Waals surface area contributed by atoms with Gasteiger partial charge in [-0.15, -0.1) is 22.7 Å². The average Bonchev–Trinajstić information content (AvgIpc) is 3.29. The van der Waals surface area contributed by atoms with Gasteiger partial charge in [0, 0.05) is 23.3 Å². The maximum Gasteiger partial charge on any atom is 0.446 e. The monoisotopic (exact) mass is 475 g/mol. The quantitative estimate of drug-likeness (QED) is 0.425. The van der Waals surface area contributed by atoms with Crippen molar-refractivity contribution in [3.63, 3.8) is 0 Å². The molecule has 30 heavy (non-hydrogen) atoms. The number of aliphatic hydroxyl groups excluding tert-OH is 2. The van der Waals surface area contributed by atoms with Gasteiger partial charge >= 0.3 is 5.51 Å². The highest BCUT2D eigenvalue weighted by Gasteiger charge is 2.29. The van der Waals surface area contributed by atoms with Crippen molar-refractivity contribution in [3.05, 3.63) is 45.9 Å². The molecule has 12 heteroatoms. The third-order valence-electron chi connectivity index (χ3n) is 3.73. The lowest BCUT2D eigenvalue weighted by Gasteiger charge is -2.06. The summed E-state index contributed by atoms with van der Waals surface area (Å²) >= 11 is 2.28. The fourth-order valence-electron chi connectivity index (χ4n) is 2.54. The molecule has 0 aliphatic carbocycles. The van der Waals surface area contributed by atoms with Crippen LogP contribution in [-0.2, 0) is 24.2 Å². The summed E-state index contributed by atoms with van der Waals surface area (Å²) in [7, 11) is 0. The van der Waals surface area contributed by atoms with Crippen LogP contribution in [0.25, 0.3) is 10.6 Å². The van der Waals surface area contributed by atoms with E-state index >= 15 is 0 Å². The summed E-state index contributed by atoms with van der Waals surface area (Å²) in [5, 5.41) is 23.8. The number of nitrogens with one attached hydrogen (secondary N) is 1. The molecule has 0 radical (unpaired) electrons. The molecule has 1 amide bonds. The highest BCUT2D eigenvalue weighted by Crippen LogP contribution is 2.37. The van der Waals surface area contributed by atoms with Gasteiger partial charge in [0.2, 0.25) is 5.91 Å². The number of halogens is 3. The molecular weight excluding hydrogens is 459 g/mol. The van der Waals surface area contributed by atoms with Gasteiger partial charge in [0.25, 0.3) is 0 Å². The van der Waals surface area contributed by atoms with Crippen molar-refractivity contribution in [3.8, 4) is 10.6 Å². The highest BCUT2D eigenvalue weighted by molar-refractivity contribution is 8.00. The fourth-order valence-corrected chi connectivity index (χ4v) is 4.80. The van der Waals surface area contributed by atoms with Crippen LogP contribution in [0.5, 0.6) is 0 Å². The molecule has 0 saturated heterocycles. The first kappa shape index (κ1) is 22.7. The summed E-state index contributed by atoms with van der Waals surface area (Å²) < 4.78 is 37.1. The van der Waals surface area contributed by atoms with E-state index in [0.29, 0.717) is 33.5 Å². The summed E-state index contributed by atoms with van der Waals surface area (Å²) in [6.07, 6.45) is 0.324. The number of thioether (sulfide) groups is 1. The molecule has 0 atom stereocenters. The molecule has 2 aromatic heterocycles. The number of rotatable bonds is 8. The lowest BCUT2D eigenvalue weighted by atomic mass is 10.1. The number of aromatic nitrogens is 2. The van der Waals surface area contributed by atoms with E-state index in [2.05, 4.69) is 15.3 Å². The summed E-state index contributed by atoms with van der Waals surface area (Å²) in [6.45, 7) is -0.299. The summed E-state index contributed by atoms with van der Waals surface area (Å²) in [5.74, 6) is -0.344. The van der Waals surface area contributed by atoms with Crippen LogP contribution in [0, 0.1) is 0 Å². The number of nitrogens with zero attached hydrogens (tertiary/aromatic N) is 2. The molecule has 0 saturated carbocycles. The van der Waals surface area contributed by atoms with Gasteiger partial charge in [0.05, 0.1) is 29.3 Å². The number of alkyl halides is 3. The summed E-state index contributed by atoms with van der Waals surface area (Å²) in [6, 6.07) is 5.62. The normalized spacial score (nSPS) is 11.6. The lowest BCUT2D eigenvalue weighted by molar-refractivity contribution is -0.115. The molecule has 0 bridgehead atoms. The first-order chi connectivity index (χ1) is 14.3. The Balaban J connectivity index is 1.63. The van der Waals surface area contributed by atoms with Crippen LogP contribution in [0.4, 0.5) is 18.3 Å². The van der Waals surface area contributed by atoms with Gasteiger partial charge in [-0.3, -0.25) is 4.79 Å². The Bertz CT molecular complexity index is 1000. The Kier molecular flexibility index (Phi) is 7.47. The molecule has 0 fully saturated rings. The van der Waals surface area contributed by atoms with Crippen LogP contribution in [0.1, 0.15) is 16.3 Å². The van der Waals surface area contributed by atoms with Crippen LogP contribution in [-0.4, -0.2) is 38.2 Å². The first-order valence-electron chi connectivity index (χ1n) is 8.58. The lowest BCUT2D eigenvalue weighted by Crippen LogP contribution is -2.14. The minimum atomic E-state index is -4.35. The number of hydrogen-bond acceptors (Lipinski definition) is 8. The average molecular weight is 476 g/mol. The van der Waals surface area contributed by atoms with Crippen LogP contribution in [0.3, 0.4) is 0 Å². The number of carbonyl (C=O) groups is 1. The van der Waals surface area contributed by atoms with Crippen molar-refractivity contribution < 1.29 is 28.2 Å². The topological polar surface area (TPSA) is 95.3 Å². The Morgan fingerprint density at radius 1 is 1.17 bits per heavy atom. The third kappa shape index (κ3) is 6.25. The molecular formula is C18H16F3N3O3S3. The van der Waals surface area contributed by atoms with Crippen molar-refractivity contribution in [1.82, 2.24) is 9.97 Å². The van der Waals surface area contributed by atoms with E-state index in [1.165, 1.54) is 46.9 Å². The van der Waals surface area contributed by atoms with E-state index in [4.69, 9.17) is 0 Å². The molecule has 0 aliphatic rings. The highest BCUT2D eigenvalue weighted by atomic mass is 32.2. The van der Waals surface area contributed by atoms with E-state index in [0.717, 1.165) is 4.88 Å². The van der Waals surface area contributed by atoms with E-state index in [1.54, 1.807) is 5.38 Å². The Labute approximate surface area is 181 Å². The van der Waals surface area contributed by atoms with Crippen molar-refractivity contribution in [2.45, 2.75) is 29.9 Å². The number of benzene rings is 1. The smallest absolute Gasteiger partial charge is 0.396 e. The molecule has 2 heterocycles. The molecule has 6 nitrogen and oxygen atoms in total. The van der Waals surface area contributed by atoms with Crippen LogP contribution < -0.4 is 5.32 Å². The number of hydrogen-bond donors (Lipinski definition) is 3. The van der Waals surface area contributed by atoms with Gasteiger partial charge in [-0.1, -0.05) is 12.1 Å². The zero-order valence-electron chi connectivity index (χ0n) is 15.3. The SMILES string of the molecule is O=C(Cc1ccc(SC(F)(F)F)cc1)Nc1nc(-c2sc(CO)nc2CCO)cs1. The van der Waals surface area contributed by atoms with Crippen LogP contribution >= 0.6 is 34.4 Å². The van der Waals surface area contributed by atoms with Crippen molar-refractivity contribution in [1.29, 1.82) is 0 Å². The zero-order chi connectivity index (χ0) is 21.7. The molecule has 0 spiro atoms. The van der Waals surface area contributed by atoms with E-state index in [9.17, 15) is 28.2 Å². The molecule has 3 N–H and O–H groups in total. The maximum atomic E-state index is 12.4. The molecule has 1 aromatic carbocycles. The van der Waals surface area contributed by atoms with Gasteiger partial charge in [0.15, 0.2) is 5.13 Å². The number of amides is 1. The zero-order valence-corrected chi connectivity index (χ0v) is 17.7. The molecule has 0 unspecified atom stereocenters. The largest absolute Gasteiger partial charge is 0.446 e.